The van der Waals surface area contributed by atoms with Crippen molar-refractivity contribution < 1.29 is 14.9 Å². The Kier molecular flexibility index (Phi) is 5.78. The number of aromatic nitrogens is 4. The van der Waals surface area contributed by atoms with E-state index in [4.69, 9.17) is 10.5 Å². The molecule has 3 rings (SSSR count). The number of unbranched alkanes of at least 4 members (excludes halogenated alkanes) is 3. The van der Waals surface area contributed by atoms with E-state index in [0.717, 1.165) is 19.3 Å². The maximum Gasteiger partial charge on any atom is 0.167 e. The summed E-state index contributed by atoms with van der Waals surface area (Å²) < 4.78 is 7.43. The lowest BCUT2D eigenvalue weighted by Gasteiger charge is -2.17. The van der Waals surface area contributed by atoms with Crippen LogP contribution in [0.3, 0.4) is 0 Å². The Morgan fingerprint density at radius 2 is 2.12 bits per heavy atom. The van der Waals surface area contributed by atoms with Gasteiger partial charge in [0.1, 0.15) is 17.4 Å². The Balaban J connectivity index is 1.88. The molecule has 0 amide bonds. The SMILES string of the molecule is CCCCCCc1nc(N)c2ncn([C@@H]3O[C@H](CO)[C@@H](O)[C@H]3S)c2n1. The molecule has 0 unspecified atom stereocenters. The Bertz CT molecular complexity index is 725. The van der Waals surface area contributed by atoms with Crippen molar-refractivity contribution in [2.75, 3.05) is 12.3 Å². The largest absolute Gasteiger partial charge is 0.394 e. The molecule has 0 spiro atoms. The van der Waals surface area contributed by atoms with Gasteiger partial charge in [0.25, 0.3) is 0 Å². The Morgan fingerprint density at radius 1 is 1.32 bits per heavy atom. The fourth-order valence-corrected chi connectivity index (χ4v) is 3.51. The number of hydrogen-bond donors (Lipinski definition) is 4. The van der Waals surface area contributed by atoms with Gasteiger partial charge in [0.2, 0.25) is 0 Å². The summed E-state index contributed by atoms with van der Waals surface area (Å²) in [6, 6.07) is 0. The minimum absolute atomic E-state index is 0.277. The fourth-order valence-electron chi connectivity index (χ4n) is 3.10. The number of aryl methyl sites for hydroxylation is 1. The highest BCUT2D eigenvalue weighted by Crippen LogP contribution is 2.35. The van der Waals surface area contributed by atoms with Crippen molar-refractivity contribution in [1.29, 1.82) is 0 Å². The number of aliphatic hydroxyl groups is 2. The number of hydrogen-bond acceptors (Lipinski definition) is 8. The van der Waals surface area contributed by atoms with Crippen molar-refractivity contribution in [1.82, 2.24) is 19.5 Å². The zero-order valence-corrected chi connectivity index (χ0v) is 15.1. The number of ether oxygens (including phenoxy) is 1. The molecular weight excluding hydrogens is 342 g/mol. The van der Waals surface area contributed by atoms with Crippen molar-refractivity contribution in [3.05, 3.63) is 12.2 Å². The monoisotopic (exact) mass is 367 g/mol. The van der Waals surface area contributed by atoms with E-state index < -0.39 is 23.7 Å². The van der Waals surface area contributed by atoms with Crippen molar-refractivity contribution >= 4 is 29.6 Å². The molecule has 138 valence electrons. The lowest BCUT2D eigenvalue weighted by molar-refractivity contribution is -0.0430. The molecule has 2 aromatic rings. The van der Waals surface area contributed by atoms with E-state index >= 15 is 0 Å². The maximum atomic E-state index is 10.1. The third kappa shape index (κ3) is 3.59. The van der Waals surface area contributed by atoms with Gasteiger partial charge in [0.05, 0.1) is 24.3 Å². The van der Waals surface area contributed by atoms with Crippen LogP contribution in [0.1, 0.15) is 44.7 Å². The van der Waals surface area contributed by atoms with Crippen molar-refractivity contribution in [2.24, 2.45) is 0 Å². The average molecular weight is 367 g/mol. The molecule has 1 fully saturated rings. The number of nitrogens with two attached hydrogens (primary N) is 1. The van der Waals surface area contributed by atoms with Gasteiger partial charge in [0, 0.05) is 6.42 Å². The van der Waals surface area contributed by atoms with Crippen LogP contribution < -0.4 is 5.73 Å². The van der Waals surface area contributed by atoms with Gasteiger partial charge >= 0.3 is 0 Å². The highest BCUT2D eigenvalue weighted by atomic mass is 32.1. The van der Waals surface area contributed by atoms with Crippen LogP contribution >= 0.6 is 12.6 Å². The van der Waals surface area contributed by atoms with Crippen molar-refractivity contribution in [3.8, 4) is 0 Å². The van der Waals surface area contributed by atoms with E-state index in [0.29, 0.717) is 22.8 Å². The first-order valence-corrected chi connectivity index (χ1v) is 9.19. The second-order valence-electron chi connectivity index (χ2n) is 6.39. The summed E-state index contributed by atoms with van der Waals surface area (Å²) >= 11 is 4.43. The molecule has 4 atom stereocenters. The molecule has 0 bridgehead atoms. The quantitative estimate of drug-likeness (QED) is 0.427. The second kappa shape index (κ2) is 7.86. The summed E-state index contributed by atoms with van der Waals surface area (Å²) in [5.41, 5.74) is 7.10. The fraction of sp³-hybridized carbons (Fsp3) is 0.688. The smallest absolute Gasteiger partial charge is 0.167 e. The van der Waals surface area contributed by atoms with Gasteiger partial charge in [-0.3, -0.25) is 4.57 Å². The summed E-state index contributed by atoms with van der Waals surface area (Å²) in [6.45, 7) is 1.89. The van der Waals surface area contributed by atoms with Crippen LogP contribution in [-0.2, 0) is 11.2 Å². The summed E-state index contributed by atoms with van der Waals surface area (Å²) in [4.78, 5) is 13.2. The lowest BCUT2D eigenvalue weighted by atomic mass is 10.1. The van der Waals surface area contributed by atoms with Crippen molar-refractivity contribution in [2.45, 2.75) is 62.7 Å². The molecule has 3 heterocycles. The predicted molar refractivity (Wildman–Crippen MR) is 97.4 cm³/mol. The van der Waals surface area contributed by atoms with Crippen LogP contribution in [0.4, 0.5) is 5.82 Å². The van der Waals surface area contributed by atoms with E-state index in [-0.39, 0.29) is 6.61 Å². The van der Waals surface area contributed by atoms with Crippen LogP contribution in [0, 0.1) is 0 Å². The first-order valence-electron chi connectivity index (χ1n) is 8.68. The number of rotatable bonds is 7. The molecule has 1 saturated heterocycles. The standard InChI is InChI=1S/C16H25N5O3S/c1-2-3-4-5-6-10-19-14(17)11-15(20-10)21(8-18-11)16-13(25)12(23)9(7-22)24-16/h8-9,12-13,16,22-23,25H,2-7H2,1H3,(H2,17,19,20)/t9-,12-,13-,16-/m1/s1. The first-order chi connectivity index (χ1) is 12.1. The van der Waals surface area contributed by atoms with E-state index in [1.165, 1.54) is 12.8 Å². The van der Waals surface area contributed by atoms with E-state index in [1.54, 1.807) is 10.9 Å². The molecule has 0 aromatic carbocycles. The third-order valence-corrected chi connectivity index (χ3v) is 5.10. The summed E-state index contributed by atoms with van der Waals surface area (Å²) in [7, 11) is 0. The van der Waals surface area contributed by atoms with Gasteiger partial charge in [-0.15, -0.1) is 0 Å². The number of anilines is 1. The number of thiol groups is 1. The molecule has 25 heavy (non-hydrogen) atoms. The first kappa shape index (κ1) is 18.4. The van der Waals surface area contributed by atoms with Gasteiger partial charge in [-0.2, -0.15) is 12.6 Å². The van der Waals surface area contributed by atoms with E-state index in [1.807, 2.05) is 0 Å². The molecule has 2 aromatic heterocycles. The summed E-state index contributed by atoms with van der Waals surface area (Å²) in [5, 5.41) is 18.9. The normalized spacial score (nSPS) is 26.6. The third-order valence-electron chi connectivity index (χ3n) is 4.54. The predicted octanol–water partition coefficient (Wildman–Crippen LogP) is 1.08. The molecule has 0 aliphatic carbocycles. The van der Waals surface area contributed by atoms with Crippen molar-refractivity contribution in [3.63, 3.8) is 0 Å². The molecule has 1 aliphatic rings. The summed E-state index contributed by atoms with van der Waals surface area (Å²) in [5.74, 6) is 1.01. The number of imidazole rings is 1. The second-order valence-corrected chi connectivity index (χ2v) is 6.98. The zero-order valence-electron chi connectivity index (χ0n) is 14.2. The van der Waals surface area contributed by atoms with Crippen LogP contribution in [0.2, 0.25) is 0 Å². The van der Waals surface area contributed by atoms with Crippen LogP contribution in [0.25, 0.3) is 11.2 Å². The minimum atomic E-state index is -0.872. The van der Waals surface area contributed by atoms with Gasteiger partial charge < -0.3 is 20.7 Å². The highest BCUT2D eigenvalue weighted by Gasteiger charge is 2.43. The molecule has 9 heteroatoms. The number of aliphatic hydroxyl groups excluding tert-OH is 2. The Hall–Kier alpha value is -1.42. The van der Waals surface area contributed by atoms with Gasteiger partial charge in [0.15, 0.2) is 17.7 Å². The van der Waals surface area contributed by atoms with Gasteiger partial charge in [-0.1, -0.05) is 26.2 Å². The van der Waals surface area contributed by atoms with Crippen LogP contribution in [0.15, 0.2) is 6.33 Å². The molecule has 0 saturated carbocycles. The zero-order chi connectivity index (χ0) is 18.0. The maximum absolute atomic E-state index is 10.1. The van der Waals surface area contributed by atoms with Crippen LogP contribution in [0.5, 0.6) is 0 Å². The number of nitrogens with zero attached hydrogens (tertiary/aromatic N) is 4. The number of nitrogen functional groups attached to an aromatic ring is 1. The molecule has 0 radical (unpaired) electrons. The van der Waals surface area contributed by atoms with Gasteiger partial charge in [-0.25, -0.2) is 15.0 Å². The van der Waals surface area contributed by atoms with Crippen LogP contribution in [-0.4, -0.2) is 53.8 Å². The molecule has 8 nitrogen and oxygen atoms in total. The highest BCUT2D eigenvalue weighted by molar-refractivity contribution is 7.81. The topological polar surface area (TPSA) is 119 Å². The van der Waals surface area contributed by atoms with E-state index in [2.05, 4.69) is 34.5 Å². The Labute approximate surface area is 151 Å². The van der Waals surface area contributed by atoms with E-state index in [9.17, 15) is 10.2 Å². The lowest BCUT2D eigenvalue weighted by Crippen LogP contribution is -2.30. The average Bonchev–Trinajstić information content (AvgIpc) is 3.14. The molecular formula is C16H25N5O3S. The summed E-state index contributed by atoms with van der Waals surface area (Å²) in [6.07, 6.45) is 4.68. The molecule has 4 N–H and O–H groups in total. The minimum Gasteiger partial charge on any atom is -0.394 e. The molecule has 1 aliphatic heterocycles. The number of fused-ring (bicyclic) bond motifs is 1. The Morgan fingerprint density at radius 3 is 2.80 bits per heavy atom. The van der Waals surface area contributed by atoms with Gasteiger partial charge in [-0.05, 0) is 6.42 Å².